The van der Waals surface area contributed by atoms with Crippen molar-refractivity contribution in [2.45, 2.75) is 0 Å². The first-order valence-corrected chi connectivity index (χ1v) is 6.05. The molecule has 0 aliphatic carbocycles. The zero-order valence-corrected chi connectivity index (χ0v) is 11.5. The molecule has 0 saturated carbocycles. The fraction of sp³-hybridized carbons (Fsp3) is 0.0833. The number of hydrogen-bond acceptors (Lipinski definition) is 5. The second-order valence-corrected chi connectivity index (χ2v) is 4.46. The number of pyridine rings is 2. The van der Waals surface area contributed by atoms with Crippen molar-refractivity contribution in [2.75, 3.05) is 5.32 Å². The second-order valence-electron chi connectivity index (χ2n) is 4.08. The molecule has 0 bridgehead atoms. The summed E-state index contributed by atoms with van der Waals surface area (Å²) >= 11 is 5.66. The first-order valence-electron chi connectivity index (χ1n) is 5.67. The van der Waals surface area contributed by atoms with Crippen molar-refractivity contribution in [1.29, 1.82) is 0 Å². The highest BCUT2D eigenvalue weighted by atomic mass is 35.5. The number of nitrogens with zero attached hydrogens (tertiary/aromatic N) is 3. The Bertz CT molecular complexity index is 787. The maximum Gasteiger partial charge on any atom is 0.311 e. The number of anilines is 1. The van der Waals surface area contributed by atoms with Crippen LogP contribution >= 0.6 is 11.6 Å². The van der Waals surface area contributed by atoms with Crippen LogP contribution in [0.15, 0.2) is 35.3 Å². The number of carbonyl (C=O) groups excluding carboxylic acids is 1. The summed E-state index contributed by atoms with van der Waals surface area (Å²) in [5.74, 6) is -0.969. The van der Waals surface area contributed by atoms with Gasteiger partial charge in [0.25, 0.3) is 11.5 Å². The summed E-state index contributed by atoms with van der Waals surface area (Å²) in [5, 5.41) is 13.1. The highest BCUT2D eigenvalue weighted by Gasteiger charge is 2.19. The van der Waals surface area contributed by atoms with Gasteiger partial charge in [0, 0.05) is 30.9 Å². The van der Waals surface area contributed by atoms with Crippen molar-refractivity contribution in [1.82, 2.24) is 9.55 Å². The van der Waals surface area contributed by atoms with Crippen LogP contribution in [0.1, 0.15) is 10.4 Å². The summed E-state index contributed by atoms with van der Waals surface area (Å²) in [7, 11) is 1.54. The Morgan fingerprint density at radius 3 is 2.76 bits per heavy atom. The number of amides is 1. The minimum atomic E-state index is -0.692. The molecule has 0 radical (unpaired) electrons. The van der Waals surface area contributed by atoms with Gasteiger partial charge in [-0.2, -0.15) is 0 Å². The lowest BCUT2D eigenvalue weighted by Gasteiger charge is -2.06. The summed E-state index contributed by atoms with van der Waals surface area (Å²) in [6, 6.07) is 4.90. The molecular formula is C12H9ClN4O4. The molecule has 0 aliphatic heterocycles. The van der Waals surface area contributed by atoms with Gasteiger partial charge in [-0.05, 0) is 12.1 Å². The number of halogens is 1. The van der Waals surface area contributed by atoms with Crippen LogP contribution in [-0.2, 0) is 7.05 Å². The van der Waals surface area contributed by atoms with Gasteiger partial charge in [0.2, 0.25) is 5.82 Å². The summed E-state index contributed by atoms with van der Waals surface area (Å²) < 4.78 is 1.29. The molecule has 2 heterocycles. The van der Waals surface area contributed by atoms with Gasteiger partial charge in [-0.1, -0.05) is 11.6 Å². The van der Waals surface area contributed by atoms with Gasteiger partial charge in [0.15, 0.2) is 0 Å². The van der Waals surface area contributed by atoms with Crippen molar-refractivity contribution >= 4 is 29.0 Å². The fourth-order valence-corrected chi connectivity index (χ4v) is 1.68. The lowest BCUT2D eigenvalue weighted by atomic mass is 10.2. The van der Waals surface area contributed by atoms with E-state index in [1.165, 1.54) is 29.9 Å². The van der Waals surface area contributed by atoms with Crippen LogP contribution in [0.4, 0.5) is 11.5 Å². The number of aryl methyl sites for hydroxylation is 1. The third kappa shape index (κ3) is 3.23. The van der Waals surface area contributed by atoms with Crippen molar-refractivity contribution in [2.24, 2.45) is 7.05 Å². The molecule has 1 N–H and O–H groups in total. The molecule has 0 atom stereocenters. The molecular weight excluding hydrogens is 300 g/mol. The average Bonchev–Trinajstić information content (AvgIpc) is 2.41. The molecule has 21 heavy (non-hydrogen) atoms. The monoisotopic (exact) mass is 308 g/mol. The van der Waals surface area contributed by atoms with E-state index in [1.54, 1.807) is 0 Å². The molecule has 0 saturated heterocycles. The van der Waals surface area contributed by atoms with E-state index in [2.05, 4.69) is 10.3 Å². The number of rotatable bonds is 3. The molecule has 1 amide bonds. The molecule has 8 nitrogen and oxygen atoms in total. The maximum absolute atomic E-state index is 12.0. The van der Waals surface area contributed by atoms with Crippen LogP contribution in [0, 0.1) is 10.1 Å². The van der Waals surface area contributed by atoms with Crippen LogP contribution in [-0.4, -0.2) is 20.4 Å². The lowest BCUT2D eigenvalue weighted by molar-refractivity contribution is -0.384. The summed E-state index contributed by atoms with van der Waals surface area (Å²) in [4.78, 5) is 37.3. The van der Waals surface area contributed by atoms with Gasteiger partial charge in [-0.15, -0.1) is 0 Å². The summed E-state index contributed by atoms with van der Waals surface area (Å²) in [6.07, 6.45) is 1.41. The van der Waals surface area contributed by atoms with Gasteiger partial charge in [0.1, 0.15) is 5.15 Å². The van der Waals surface area contributed by atoms with Crippen LogP contribution in [0.25, 0.3) is 0 Å². The Balaban J connectivity index is 2.35. The summed E-state index contributed by atoms with van der Waals surface area (Å²) in [6.45, 7) is 0. The topological polar surface area (TPSA) is 107 Å². The van der Waals surface area contributed by atoms with E-state index < -0.39 is 16.5 Å². The Hall–Kier alpha value is -2.74. The average molecular weight is 309 g/mol. The largest absolute Gasteiger partial charge is 0.319 e. The standard InChI is InChI=1S/C12H9ClN4O4/c1-16-5-4-7(6-10(16)18)12(19)15-11-8(17(20)21)2-3-9(13)14-11/h2-6H,1H3,(H,14,15,19). The molecule has 9 heteroatoms. The molecule has 2 rings (SSSR count). The zero-order valence-electron chi connectivity index (χ0n) is 10.7. The van der Waals surface area contributed by atoms with Crippen molar-refractivity contribution in [3.63, 3.8) is 0 Å². The molecule has 2 aromatic heterocycles. The van der Waals surface area contributed by atoms with Gasteiger partial charge in [0.05, 0.1) is 4.92 Å². The number of hydrogen-bond donors (Lipinski definition) is 1. The quantitative estimate of drug-likeness (QED) is 0.526. The zero-order chi connectivity index (χ0) is 15.6. The molecule has 0 spiro atoms. The summed E-state index contributed by atoms with van der Waals surface area (Å²) in [5.41, 5.74) is -0.707. The first-order chi connectivity index (χ1) is 9.88. The molecule has 108 valence electrons. The van der Waals surface area contributed by atoms with Gasteiger partial charge < -0.3 is 9.88 Å². The van der Waals surface area contributed by atoms with E-state index in [1.807, 2.05) is 0 Å². The van der Waals surface area contributed by atoms with Crippen LogP contribution < -0.4 is 10.9 Å². The number of nitrogens with one attached hydrogen (secondary N) is 1. The van der Waals surface area contributed by atoms with Crippen molar-refractivity contribution < 1.29 is 9.72 Å². The molecule has 0 aliphatic rings. The van der Waals surface area contributed by atoms with Gasteiger partial charge >= 0.3 is 5.69 Å². The maximum atomic E-state index is 12.0. The van der Waals surface area contributed by atoms with Gasteiger partial charge in [-0.3, -0.25) is 19.7 Å². The minimum Gasteiger partial charge on any atom is -0.319 e. The highest BCUT2D eigenvalue weighted by Crippen LogP contribution is 2.24. The molecule has 0 unspecified atom stereocenters. The first kappa shape index (κ1) is 14.7. The molecule has 0 aromatic carbocycles. The Morgan fingerprint density at radius 2 is 2.14 bits per heavy atom. The highest BCUT2D eigenvalue weighted by molar-refractivity contribution is 6.29. The van der Waals surface area contributed by atoms with Crippen LogP contribution in [0.2, 0.25) is 5.15 Å². The molecule has 2 aromatic rings. The van der Waals surface area contributed by atoms with E-state index in [0.29, 0.717) is 0 Å². The minimum absolute atomic E-state index is 0.000115. The van der Waals surface area contributed by atoms with Gasteiger partial charge in [-0.25, -0.2) is 4.98 Å². The lowest BCUT2D eigenvalue weighted by Crippen LogP contribution is -2.20. The van der Waals surface area contributed by atoms with E-state index in [9.17, 15) is 19.7 Å². The van der Waals surface area contributed by atoms with Crippen molar-refractivity contribution in [3.8, 4) is 0 Å². The number of aromatic nitrogens is 2. The van der Waals surface area contributed by atoms with Crippen LogP contribution in [0.5, 0.6) is 0 Å². The van der Waals surface area contributed by atoms with E-state index in [0.717, 1.165) is 12.1 Å². The van der Waals surface area contributed by atoms with E-state index >= 15 is 0 Å². The van der Waals surface area contributed by atoms with E-state index in [-0.39, 0.29) is 22.1 Å². The van der Waals surface area contributed by atoms with Crippen molar-refractivity contribution in [3.05, 3.63) is 61.6 Å². The Labute approximate surface area is 123 Å². The normalized spacial score (nSPS) is 10.2. The van der Waals surface area contributed by atoms with E-state index in [4.69, 9.17) is 11.6 Å². The predicted molar refractivity (Wildman–Crippen MR) is 75.5 cm³/mol. The third-order valence-electron chi connectivity index (χ3n) is 2.64. The predicted octanol–water partition coefficient (Wildman–Crippen LogP) is 1.59. The smallest absolute Gasteiger partial charge is 0.311 e. The number of nitro groups is 1. The Morgan fingerprint density at radius 1 is 1.43 bits per heavy atom. The third-order valence-corrected chi connectivity index (χ3v) is 2.85. The fourth-order valence-electron chi connectivity index (χ4n) is 1.54. The van der Waals surface area contributed by atoms with Crippen LogP contribution in [0.3, 0.4) is 0 Å². The molecule has 0 fully saturated rings. The number of carbonyl (C=O) groups is 1. The second kappa shape index (κ2) is 5.71. The SMILES string of the molecule is Cn1ccc(C(=O)Nc2nc(Cl)ccc2[N+](=O)[O-])cc1=O. The Kier molecular flexibility index (Phi) is 3.99.